The fourth-order valence-corrected chi connectivity index (χ4v) is 2.12. The predicted octanol–water partition coefficient (Wildman–Crippen LogP) is 2.61. The van der Waals surface area contributed by atoms with Gasteiger partial charge in [-0.2, -0.15) is 0 Å². The summed E-state index contributed by atoms with van der Waals surface area (Å²) in [7, 11) is 0. The van der Waals surface area contributed by atoms with Gasteiger partial charge in [0.1, 0.15) is 11.6 Å². The van der Waals surface area contributed by atoms with Gasteiger partial charge in [0.15, 0.2) is 0 Å². The Labute approximate surface area is 114 Å². The van der Waals surface area contributed by atoms with Crippen LogP contribution in [0.1, 0.15) is 19.8 Å². The van der Waals surface area contributed by atoms with Crippen molar-refractivity contribution in [2.75, 3.05) is 26.3 Å². The second kappa shape index (κ2) is 7.46. The summed E-state index contributed by atoms with van der Waals surface area (Å²) >= 11 is 0. The quantitative estimate of drug-likeness (QED) is 0.823. The average molecular weight is 267 g/mol. The third kappa shape index (κ3) is 5.17. The van der Waals surface area contributed by atoms with Gasteiger partial charge in [-0.05, 0) is 37.1 Å². The number of rotatable bonds is 7. The Balaban J connectivity index is 1.58. The maximum Gasteiger partial charge on any atom is 0.123 e. The minimum atomic E-state index is -0.237. The Morgan fingerprint density at radius 2 is 2.21 bits per heavy atom. The van der Waals surface area contributed by atoms with Crippen LogP contribution in [0.25, 0.3) is 0 Å². The van der Waals surface area contributed by atoms with Crippen LogP contribution in [0, 0.1) is 11.7 Å². The summed E-state index contributed by atoms with van der Waals surface area (Å²) in [6.45, 7) is 5.48. The van der Waals surface area contributed by atoms with Crippen molar-refractivity contribution in [1.82, 2.24) is 5.32 Å². The summed E-state index contributed by atoms with van der Waals surface area (Å²) in [5, 5.41) is 3.41. The van der Waals surface area contributed by atoms with E-state index < -0.39 is 0 Å². The number of benzene rings is 1. The molecule has 1 heterocycles. The monoisotopic (exact) mass is 267 g/mol. The van der Waals surface area contributed by atoms with Crippen LogP contribution in [-0.2, 0) is 4.74 Å². The Kier molecular flexibility index (Phi) is 5.61. The van der Waals surface area contributed by atoms with Crippen molar-refractivity contribution in [3.63, 3.8) is 0 Å². The smallest absolute Gasteiger partial charge is 0.123 e. The molecule has 4 heteroatoms. The average Bonchev–Trinajstić information content (AvgIpc) is 2.91. The molecule has 0 unspecified atom stereocenters. The Morgan fingerprint density at radius 1 is 1.42 bits per heavy atom. The fourth-order valence-electron chi connectivity index (χ4n) is 2.12. The Morgan fingerprint density at radius 3 is 2.89 bits per heavy atom. The summed E-state index contributed by atoms with van der Waals surface area (Å²) in [5.41, 5.74) is 0. The molecule has 0 saturated carbocycles. The lowest BCUT2D eigenvalue weighted by Crippen LogP contribution is -2.31. The molecule has 0 aromatic heterocycles. The number of hydrogen-bond donors (Lipinski definition) is 1. The molecule has 2 rings (SSSR count). The van der Waals surface area contributed by atoms with E-state index >= 15 is 0 Å². The van der Waals surface area contributed by atoms with Gasteiger partial charge >= 0.3 is 0 Å². The molecule has 1 fully saturated rings. The van der Waals surface area contributed by atoms with Crippen LogP contribution >= 0.6 is 0 Å². The summed E-state index contributed by atoms with van der Waals surface area (Å²) in [5.74, 6) is 0.887. The van der Waals surface area contributed by atoms with Gasteiger partial charge < -0.3 is 14.8 Å². The molecule has 3 nitrogen and oxygen atoms in total. The van der Waals surface area contributed by atoms with Crippen molar-refractivity contribution in [3.05, 3.63) is 30.1 Å². The van der Waals surface area contributed by atoms with E-state index in [-0.39, 0.29) is 5.82 Å². The first kappa shape index (κ1) is 14.3. The van der Waals surface area contributed by atoms with Gasteiger partial charge in [0.25, 0.3) is 0 Å². The first-order valence-corrected chi connectivity index (χ1v) is 6.94. The van der Waals surface area contributed by atoms with Crippen molar-refractivity contribution in [3.8, 4) is 5.75 Å². The maximum absolute atomic E-state index is 12.7. The van der Waals surface area contributed by atoms with Crippen LogP contribution in [0.5, 0.6) is 5.75 Å². The maximum atomic E-state index is 12.7. The van der Waals surface area contributed by atoms with Crippen molar-refractivity contribution in [2.45, 2.75) is 25.9 Å². The molecule has 0 spiro atoms. The van der Waals surface area contributed by atoms with E-state index in [0.29, 0.717) is 24.4 Å². The minimum Gasteiger partial charge on any atom is -0.493 e. The molecule has 1 saturated heterocycles. The third-order valence-corrected chi connectivity index (χ3v) is 3.24. The highest BCUT2D eigenvalue weighted by Crippen LogP contribution is 2.13. The number of nitrogens with one attached hydrogen (secondary N) is 1. The van der Waals surface area contributed by atoms with Gasteiger partial charge in [-0.25, -0.2) is 4.39 Å². The lowest BCUT2D eigenvalue weighted by atomic mass is 10.2. The lowest BCUT2D eigenvalue weighted by molar-refractivity contribution is 0.108. The van der Waals surface area contributed by atoms with E-state index in [1.165, 1.54) is 18.6 Å². The van der Waals surface area contributed by atoms with Crippen LogP contribution in [0.4, 0.5) is 4.39 Å². The fraction of sp³-hybridized carbons (Fsp3) is 0.600. The zero-order valence-electron chi connectivity index (χ0n) is 11.4. The van der Waals surface area contributed by atoms with E-state index in [1.807, 2.05) is 0 Å². The molecule has 1 aliphatic heterocycles. The minimum absolute atomic E-state index is 0.237. The zero-order valence-corrected chi connectivity index (χ0v) is 11.4. The molecule has 1 aromatic rings. The lowest BCUT2D eigenvalue weighted by Gasteiger charge is -2.16. The summed E-state index contributed by atoms with van der Waals surface area (Å²) < 4.78 is 23.9. The van der Waals surface area contributed by atoms with Crippen LogP contribution in [0.15, 0.2) is 24.3 Å². The number of halogens is 1. The summed E-state index contributed by atoms with van der Waals surface area (Å²) in [6.07, 6.45) is 2.72. The van der Waals surface area contributed by atoms with E-state index in [9.17, 15) is 4.39 Å². The topological polar surface area (TPSA) is 30.5 Å². The molecule has 0 aliphatic carbocycles. The summed E-state index contributed by atoms with van der Waals surface area (Å²) in [6, 6.07) is 6.13. The van der Waals surface area contributed by atoms with E-state index in [1.54, 1.807) is 12.1 Å². The van der Waals surface area contributed by atoms with E-state index in [4.69, 9.17) is 9.47 Å². The van der Waals surface area contributed by atoms with Crippen LogP contribution in [0.2, 0.25) is 0 Å². The van der Waals surface area contributed by atoms with Gasteiger partial charge in [0, 0.05) is 25.6 Å². The third-order valence-electron chi connectivity index (χ3n) is 3.24. The van der Waals surface area contributed by atoms with Gasteiger partial charge in [0.05, 0.1) is 12.7 Å². The molecule has 2 atom stereocenters. The van der Waals surface area contributed by atoms with Gasteiger partial charge in [-0.3, -0.25) is 0 Å². The predicted molar refractivity (Wildman–Crippen MR) is 72.9 cm³/mol. The molecular formula is C15H22FNO2. The van der Waals surface area contributed by atoms with Crippen molar-refractivity contribution in [2.24, 2.45) is 5.92 Å². The first-order valence-electron chi connectivity index (χ1n) is 6.94. The second-order valence-corrected chi connectivity index (χ2v) is 5.16. The van der Waals surface area contributed by atoms with Crippen molar-refractivity contribution < 1.29 is 13.9 Å². The second-order valence-electron chi connectivity index (χ2n) is 5.16. The first-order chi connectivity index (χ1) is 9.24. The van der Waals surface area contributed by atoms with Crippen LogP contribution in [-0.4, -0.2) is 32.4 Å². The highest BCUT2D eigenvalue weighted by Gasteiger charge is 2.15. The highest BCUT2D eigenvalue weighted by molar-refractivity contribution is 5.21. The molecule has 1 aliphatic rings. The summed E-state index contributed by atoms with van der Waals surface area (Å²) in [4.78, 5) is 0. The van der Waals surface area contributed by atoms with Crippen molar-refractivity contribution in [1.29, 1.82) is 0 Å². The van der Waals surface area contributed by atoms with Crippen LogP contribution in [0.3, 0.4) is 0 Å². The zero-order chi connectivity index (χ0) is 13.5. The standard InChI is InChI=1S/C15H22FNO2/c1-12(9-17-10-15-3-2-8-18-15)11-19-14-6-4-13(16)5-7-14/h4-7,12,15,17H,2-3,8-11H2,1H3/t12-,15+/m1/s1. The molecule has 0 radical (unpaired) electrons. The van der Waals surface area contributed by atoms with Gasteiger partial charge in [-0.1, -0.05) is 6.92 Å². The SMILES string of the molecule is C[C@H](CNC[C@@H]1CCCO1)COc1ccc(F)cc1. The highest BCUT2D eigenvalue weighted by atomic mass is 19.1. The Bertz CT molecular complexity index is 363. The molecule has 0 bridgehead atoms. The van der Waals surface area contributed by atoms with Gasteiger partial charge in [-0.15, -0.1) is 0 Å². The molecule has 1 N–H and O–H groups in total. The van der Waals surface area contributed by atoms with E-state index in [2.05, 4.69) is 12.2 Å². The van der Waals surface area contributed by atoms with Crippen LogP contribution < -0.4 is 10.1 Å². The van der Waals surface area contributed by atoms with Gasteiger partial charge in [0.2, 0.25) is 0 Å². The molecule has 1 aromatic carbocycles. The molecule has 106 valence electrons. The van der Waals surface area contributed by atoms with E-state index in [0.717, 1.165) is 26.1 Å². The largest absolute Gasteiger partial charge is 0.493 e. The molecule has 19 heavy (non-hydrogen) atoms. The molecular weight excluding hydrogens is 245 g/mol. The number of hydrogen-bond acceptors (Lipinski definition) is 3. The normalized spacial score (nSPS) is 20.4. The number of ether oxygens (including phenoxy) is 2. The Hall–Kier alpha value is -1.13. The molecule has 0 amide bonds. The van der Waals surface area contributed by atoms with Crippen molar-refractivity contribution >= 4 is 0 Å².